The Labute approximate surface area is 143 Å². The highest BCUT2D eigenvalue weighted by Crippen LogP contribution is 2.38. The molecule has 2 fully saturated rings. The first kappa shape index (κ1) is 17.8. The molecular weight excluding hydrogens is 314 g/mol. The van der Waals surface area contributed by atoms with E-state index in [2.05, 4.69) is 5.32 Å². The van der Waals surface area contributed by atoms with E-state index in [1.165, 1.54) is 0 Å². The number of nitrogens with zero attached hydrogens (tertiary/aromatic N) is 1. The molecule has 1 aromatic carbocycles. The number of carbonyl (C=O) groups is 2. The van der Waals surface area contributed by atoms with E-state index in [9.17, 15) is 9.59 Å². The summed E-state index contributed by atoms with van der Waals surface area (Å²) in [6.07, 6.45) is 2.32. The van der Waals surface area contributed by atoms with Crippen LogP contribution in [0.5, 0.6) is 0 Å². The van der Waals surface area contributed by atoms with Crippen LogP contribution in [-0.2, 0) is 15.1 Å². The lowest BCUT2D eigenvalue weighted by molar-refractivity contribution is -0.139. The summed E-state index contributed by atoms with van der Waals surface area (Å²) < 4.78 is 0. The Balaban J connectivity index is 0.00000192. The fourth-order valence-electron chi connectivity index (χ4n) is 3.53. The number of nitrogens with one attached hydrogen (secondary N) is 1. The SMILES string of the molecule is CC(N)(C(=O)N1CCC2(CC1)CNC(=O)C2)c1ccccc1.Cl. The summed E-state index contributed by atoms with van der Waals surface area (Å²) in [7, 11) is 0. The molecule has 2 aliphatic heterocycles. The molecule has 1 atom stereocenters. The molecule has 3 N–H and O–H groups in total. The second kappa shape index (κ2) is 6.49. The summed E-state index contributed by atoms with van der Waals surface area (Å²) in [6, 6.07) is 9.49. The molecule has 0 radical (unpaired) electrons. The molecule has 2 amide bonds. The van der Waals surface area contributed by atoms with Crippen LogP contribution in [0.15, 0.2) is 30.3 Å². The minimum absolute atomic E-state index is 0. The Morgan fingerprint density at radius 2 is 1.87 bits per heavy atom. The highest BCUT2D eigenvalue weighted by atomic mass is 35.5. The molecule has 5 nitrogen and oxygen atoms in total. The van der Waals surface area contributed by atoms with Gasteiger partial charge >= 0.3 is 0 Å². The molecule has 3 rings (SSSR count). The number of benzene rings is 1. The normalized spacial score (nSPS) is 22.2. The largest absolute Gasteiger partial charge is 0.356 e. The Morgan fingerprint density at radius 1 is 1.26 bits per heavy atom. The van der Waals surface area contributed by atoms with Gasteiger partial charge in [0.1, 0.15) is 5.54 Å². The number of rotatable bonds is 2. The van der Waals surface area contributed by atoms with Crippen LogP contribution in [0.1, 0.15) is 31.7 Å². The first-order valence-corrected chi connectivity index (χ1v) is 7.83. The van der Waals surface area contributed by atoms with Crippen molar-refractivity contribution in [3.05, 3.63) is 35.9 Å². The number of halogens is 1. The van der Waals surface area contributed by atoms with Crippen LogP contribution in [0.2, 0.25) is 0 Å². The van der Waals surface area contributed by atoms with E-state index >= 15 is 0 Å². The molecule has 0 saturated carbocycles. The predicted molar refractivity (Wildman–Crippen MR) is 91.1 cm³/mol. The Morgan fingerprint density at radius 3 is 2.39 bits per heavy atom. The molecule has 1 unspecified atom stereocenters. The Bertz CT molecular complexity index is 581. The topological polar surface area (TPSA) is 75.4 Å². The molecule has 1 aromatic rings. The van der Waals surface area contributed by atoms with Gasteiger partial charge in [0.25, 0.3) is 0 Å². The highest BCUT2D eigenvalue weighted by Gasteiger charge is 2.43. The van der Waals surface area contributed by atoms with Crippen LogP contribution in [0.25, 0.3) is 0 Å². The quantitative estimate of drug-likeness (QED) is 0.856. The van der Waals surface area contributed by atoms with Gasteiger partial charge < -0.3 is 16.0 Å². The lowest BCUT2D eigenvalue weighted by Gasteiger charge is -2.41. The van der Waals surface area contributed by atoms with E-state index in [1.54, 1.807) is 6.92 Å². The van der Waals surface area contributed by atoms with E-state index in [0.717, 1.165) is 24.9 Å². The summed E-state index contributed by atoms with van der Waals surface area (Å²) in [5, 5.41) is 2.91. The van der Waals surface area contributed by atoms with Crippen molar-refractivity contribution in [1.29, 1.82) is 0 Å². The molecule has 126 valence electrons. The predicted octanol–water partition coefficient (Wildman–Crippen LogP) is 1.41. The lowest BCUT2D eigenvalue weighted by Crippen LogP contribution is -2.54. The number of hydrogen-bond donors (Lipinski definition) is 2. The first-order valence-electron chi connectivity index (χ1n) is 7.83. The summed E-state index contributed by atoms with van der Waals surface area (Å²) in [5.41, 5.74) is 6.20. The second-order valence-electron chi connectivity index (χ2n) is 6.81. The lowest BCUT2D eigenvalue weighted by atomic mass is 9.77. The van der Waals surface area contributed by atoms with Gasteiger partial charge in [0.2, 0.25) is 11.8 Å². The number of hydrogen-bond acceptors (Lipinski definition) is 3. The first-order chi connectivity index (χ1) is 10.4. The van der Waals surface area contributed by atoms with Crippen molar-refractivity contribution in [2.24, 2.45) is 11.1 Å². The summed E-state index contributed by atoms with van der Waals surface area (Å²) in [6.45, 7) is 3.86. The van der Waals surface area contributed by atoms with E-state index < -0.39 is 5.54 Å². The van der Waals surface area contributed by atoms with Crippen molar-refractivity contribution < 1.29 is 9.59 Å². The molecule has 0 aliphatic carbocycles. The van der Waals surface area contributed by atoms with Gasteiger partial charge in [-0.05, 0) is 30.7 Å². The van der Waals surface area contributed by atoms with Gasteiger partial charge in [-0.1, -0.05) is 30.3 Å². The number of likely N-dealkylation sites (tertiary alicyclic amines) is 1. The van der Waals surface area contributed by atoms with Crippen LogP contribution in [0, 0.1) is 5.41 Å². The van der Waals surface area contributed by atoms with Crippen molar-refractivity contribution in [3.63, 3.8) is 0 Å². The van der Waals surface area contributed by atoms with Gasteiger partial charge in [-0.3, -0.25) is 9.59 Å². The fraction of sp³-hybridized carbons (Fsp3) is 0.529. The molecular formula is C17H24ClN3O2. The average molecular weight is 338 g/mol. The number of nitrogens with two attached hydrogens (primary N) is 1. The smallest absolute Gasteiger partial charge is 0.246 e. The van der Waals surface area contributed by atoms with Crippen molar-refractivity contribution in [2.45, 2.75) is 31.7 Å². The third-order valence-corrected chi connectivity index (χ3v) is 5.13. The van der Waals surface area contributed by atoms with E-state index in [4.69, 9.17) is 5.73 Å². The van der Waals surface area contributed by atoms with Crippen LogP contribution >= 0.6 is 12.4 Å². The Kier molecular flexibility index (Phi) is 5.01. The van der Waals surface area contributed by atoms with Gasteiger partial charge in [0.05, 0.1) is 0 Å². The Hall–Kier alpha value is -1.59. The van der Waals surface area contributed by atoms with Crippen molar-refractivity contribution in [2.75, 3.05) is 19.6 Å². The zero-order chi connectivity index (χ0) is 15.8. The van der Waals surface area contributed by atoms with Crippen LogP contribution in [-0.4, -0.2) is 36.3 Å². The third kappa shape index (κ3) is 3.35. The third-order valence-electron chi connectivity index (χ3n) is 5.13. The molecule has 6 heteroatoms. The monoisotopic (exact) mass is 337 g/mol. The average Bonchev–Trinajstić information content (AvgIpc) is 2.89. The number of piperidine rings is 1. The maximum absolute atomic E-state index is 12.8. The van der Waals surface area contributed by atoms with Crippen LogP contribution in [0.3, 0.4) is 0 Å². The maximum atomic E-state index is 12.8. The summed E-state index contributed by atoms with van der Waals surface area (Å²) in [4.78, 5) is 26.1. The van der Waals surface area contributed by atoms with Gasteiger partial charge in [-0.25, -0.2) is 0 Å². The molecule has 23 heavy (non-hydrogen) atoms. The van der Waals surface area contributed by atoms with E-state index in [-0.39, 0.29) is 29.6 Å². The molecule has 2 saturated heterocycles. The van der Waals surface area contributed by atoms with Crippen molar-refractivity contribution >= 4 is 24.2 Å². The number of carbonyl (C=O) groups excluding carboxylic acids is 2. The van der Waals surface area contributed by atoms with Gasteiger partial charge in [0, 0.05) is 26.1 Å². The highest BCUT2D eigenvalue weighted by molar-refractivity contribution is 5.87. The van der Waals surface area contributed by atoms with Crippen molar-refractivity contribution in [1.82, 2.24) is 10.2 Å². The zero-order valence-electron chi connectivity index (χ0n) is 13.4. The molecule has 0 bridgehead atoms. The minimum Gasteiger partial charge on any atom is -0.356 e. The van der Waals surface area contributed by atoms with Gasteiger partial charge in [-0.2, -0.15) is 0 Å². The molecule has 0 aromatic heterocycles. The molecule has 2 heterocycles. The summed E-state index contributed by atoms with van der Waals surface area (Å²) >= 11 is 0. The number of amides is 2. The van der Waals surface area contributed by atoms with Crippen molar-refractivity contribution in [3.8, 4) is 0 Å². The maximum Gasteiger partial charge on any atom is 0.246 e. The van der Waals surface area contributed by atoms with E-state index in [0.29, 0.717) is 19.5 Å². The fourth-order valence-corrected chi connectivity index (χ4v) is 3.53. The van der Waals surface area contributed by atoms with Gasteiger partial charge in [0.15, 0.2) is 0 Å². The van der Waals surface area contributed by atoms with Crippen LogP contribution in [0.4, 0.5) is 0 Å². The van der Waals surface area contributed by atoms with Gasteiger partial charge in [-0.15, -0.1) is 12.4 Å². The summed E-state index contributed by atoms with van der Waals surface area (Å²) in [5.74, 6) is 0.0959. The second-order valence-corrected chi connectivity index (χ2v) is 6.81. The zero-order valence-corrected chi connectivity index (χ0v) is 14.2. The molecule has 1 spiro atoms. The molecule has 2 aliphatic rings. The van der Waals surface area contributed by atoms with E-state index in [1.807, 2.05) is 35.2 Å². The standard InChI is InChI=1S/C17H23N3O2.ClH/c1-16(18,13-5-3-2-4-6-13)15(22)20-9-7-17(8-10-20)11-14(21)19-12-17;/h2-6H,7-12,18H2,1H3,(H,19,21);1H. The minimum atomic E-state index is -1.00. The van der Waals surface area contributed by atoms with Crippen LogP contribution < -0.4 is 11.1 Å².